The van der Waals surface area contributed by atoms with Crippen LogP contribution >= 0.6 is 11.6 Å². The molecular weight excluding hydrogens is 220 g/mol. The number of hydrogen-bond acceptors (Lipinski definition) is 1. The minimum atomic E-state index is 0.731. The fourth-order valence-corrected chi connectivity index (χ4v) is 1.76. The number of halogens is 1. The van der Waals surface area contributed by atoms with E-state index >= 15 is 0 Å². The largest absolute Gasteiger partial charge is 0.457 e. The molecule has 0 saturated heterocycles. The number of rotatable bonds is 2. The van der Waals surface area contributed by atoms with Gasteiger partial charge in [0.15, 0.2) is 0 Å². The topological polar surface area (TPSA) is 9.23 Å². The van der Waals surface area contributed by atoms with Crippen molar-refractivity contribution >= 4 is 11.6 Å². The molecule has 2 heteroatoms. The quantitative estimate of drug-likeness (QED) is 0.726. The molecule has 0 amide bonds. The standard InChI is InChI=1S/C14H13ClO/c1-10-4-3-5-13(8-10)16-14-7-6-12(15)9-11(14)2/h3-9H,1-2H3. The van der Waals surface area contributed by atoms with Gasteiger partial charge in [0.2, 0.25) is 0 Å². The van der Waals surface area contributed by atoms with Crippen LogP contribution < -0.4 is 4.74 Å². The number of hydrogen-bond donors (Lipinski definition) is 0. The van der Waals surface area contributed by atoms with Gasteiger partial charge >= 0.3 is 0 Å². The highest BCUT2D eigenvalue weighted by Crippen LogP contribution is 2.27. The first kappa shape index (κ1) is 11.0. The van der Waals surface area contributed by atoms with Crippen LogP contribution in [0.5, 0.6) is 11.5 Å². The zero-order valence-corrected chi connectivity index (χ0v) is 10.1. The monoisotopic (exact) mass is 232 g/mol. The molecule has 0 unspecified atom stereocenters. The summed E-state index contributed by atoms with van der Waals surface area (Å²) < 4.78 is 5.79. The van der Waals surface area contributed by atoms with E-state index in [1.165, 1.54) is 5.56 Å². The lowest BCUT2D eigenvalue weighted by Crippen LogP contribution is -1.87. The van der Waals surface area contributed by atoms with Crippen molar-refractivity contribution in [2.75, 3.05) is 0 Å². The van der Waals surface area contributed by atoms with Gasteiger partial charge in [0.05, 0.1) is 0 Å². The normalized spacial score (nSPS) is 10.2. The van der Waals surface area contributed by atoms with Crippen molar-refractivity contribution in [3.8, 4) is 11.5 Å². The highest BCUT2D eigenvalue weighted by Gasteiger charge is 2.02. The molecule has 2 aromatic carbocycles. The summed E-state index contributed by atoms with van der Waals surface area (Å²) in [6.45, 7) is 4.03. The lowest BCUT2D eigenvalue weighted by molar-refractivity contribution is 0.478. The fourth-order valence-electron chi connectivity index (χ4n) is 1.53. The first-order valence-electron chi connectivity index (χ1n) is 5.16. The van der Waals surface area contributed by atoms with Crippen molar-refractivity contribution in [1.82, 2.24) is 0 Å². The van der Waals surface area contributed by atoms with Crippen LogP contribution in [-0.2, 0) is 0 Å². The zero-order chi connectivity index (χ0) is 11.5. The van der Waals surface area contributed by atoms with Crippen LogP contribution in [0, 0.1) is 13.8 Å². The van der Waals surface area contributed by atoms with Gasteiger partial charge in [-0.1, -0.05) is 23.7 Å². The highest BCUT2D eigenvalue weighted by molar-refractivity contribution is 6.30. The summed E-state index contributed by atoms with van der Waals surface area (Å²) in [5, 5.41) is 0.731. The Balaban J connectivity index is 2.27. The van der Waals surface area contributed by atoms with Crippen molar-refractivity contribution in [1.29, 1.82) is 0 Å². The summed E-state index contributed by atoms with van der Waals surface area (Å²) in [7, 11) is 0. The molecule has 0 fully saturated rings. The molecule has 0 atom stereocenters. The van der Waals surface area contributed by atoms with Gasteiger partial charge in [-0.3, -0.25) is 0 Å². The van der Waals surface area contributed by atoms with Gasteiger partial charge in [0, 0.05) is 5.02 Å². The SMILES string of the molecule is Cc1cccc(Oc2ccc(Cl)cc2C)c1. The van der Waals surface area contributed by atoms with Gasteiger partial charge in [-0.05, 0) is 55.3 Å². The summed E-state index contributed by atoms with van der Waals surface area (Å²) in [6.07, 6.45) is 0. The van der Waals surface area contributed by atoms with Gasteiger partial charge in [-0.2, -0.15) is 0 Å². The second kappa shape index (κ2) is 4.58. The van der Waals surface area contributed by atoms with Crippen molar-refractivity contribution in [2.45, 2.75) is 13.8 Å². The molecule has 16 heavy (non-hydrogen) atoms. The Kier molecular flexibility index (Phi) is 3.16. The highest BCUT2D eigenvalue weighted by atomic mass is 35.5. The second-order valence-corrected chi connectivity index (χ2v) is 4.26. The summed E-state index contributed by atoms with van der Waals surface area (Å²) in [6, 6.07) is 13.6. The number of ether oxygens (including phenoxy) is 1. The zero-order valence-electron chi connectivity index (χ0n) is 9.33. The summed E-state index contributed by atoms with van der Waals surface area (Å²) in [5.41, 5.74) is 2.22. The Morgan fingerprint density at radius 2 is 1.81 bits per heavy atom. The van der Waals surface area contributed by atoms with Crippen LogP contribution in [0.3, 0.4) is 0 Å². The number of benzene rings is 2. The van der Waals surface area contributed by atoms with Crippen LogP contribution in [0.4, 0.5) is 0 Å². The van der Waals surface area contributed by atoms with Crippen molar-refractivity contribution < 1.29 is 4.74 Å². The van der Waals surface area contributed by atoms with E-state index < -0.39 is 0 Å². The first-order valence-corrected chi connectivity index (χ1v) is 5.53. The Bertz CT molecular complexity index is 506. The lowest BCUT2D eigenvalue weighted by atomic mass is 10.2. The van der Waals surface area contributed by atoms with E-state index in [0.717, 1.165) is 22.1 Å². The maximum atomic E-state index is 5.89. The maximum absolute atomic E-state index is 5.89. The molecule has 0 N–H and O–H groups in total. The minimum Gasteiger partial charge on any atom is -0.457 e. The molecule has 2 aromatic rings. The number of aryl methyl sites for hydroxylation is 2. The van der Waals surface area contributed by atoms with Gasteiger partial charge < -0.3 is 4.74 Å². The molecule has 82 valence electrons. The average molecular weight is 233 g/mol. The summed E-state index contributed by atoms with van der Waals surface area (Å²) in [5.74, 6) is 1.69. The van der Waals surface area contributed by atoms with E-state index in [2.05, 4.69) is 0 Å². The first-order chi connectivity index (χ1) is 7.65. The van der Waals surface area contributed by atoms with E-state index in [4.69, 9.17) is 16.3 Å². The van der Waals surface area contributed by atoms with E-state index in [9.17, 15) is 0 Å². The molecule has 0 aliphatic rings. The molecule has 0 aliphatic heterocycles. The molecule has 1 nitrogen and oxygen atoms in total. The Labute approximate surface area is 101 Å². The van der Waals surface area contributed by atoms with E-state index in [-0.39, 0.29) is 0 Å². The smallest absolute Gasteiger partial charge is 0.130 e. The van der Waals surface area contributed by atoms with E-state index in [0.29, 0.717) is 0 Å². The second-order valence-electron chi connectivity index (χ2n) is 3.83. The molecule has 0 aromatic heterocycles. The molecule has 0 heterocycles. The molecule has 0 radical (unpaired) electrons. The lowest BCUT2D eigenvalue weighted by Gasteiger charge is -2.09. The van der Waals surface area contributed by atoms with Gasteiger partial charge in [0.25, 0.3) is 0 Å². The van der Waals surface area contributed by atoms with E-state index in [1.807, 2.05) is 56.3 Å². The predicted octanol–water partition coefficient (Wildman–Crippen LogP) is 4.75. The maximum Gasteiger partial charge on any atom is 0.130 e. The van der Waals surface area contributed by atoms with Crippen LogP contribution in [0.15, 0.2) is 42.5 Å². The Hall–Kier alpha value is -1.47. The van der Waals surface area contributed by atoms with Crippen LogP contribution in [-0.4, -0.2) is 0 Å². The molecule has 0 aliphatic carbocycles. The van der Waals surface area contributed by atoms with Crippen LogP contribution in [0.25, 0.3) is 0 Å². The summed E-state index contributed by atoms with van der Waals surface area (Å²) >= 11 is 5.89. The van der Waals surface area contributed by atoms with Crippen molar-refractivity contribution in [2.24, 2.45) is 0 Å². The molecular formula is C14H13ClO. The third-order valence-corrected chi connectivity index (χ3v) is 2.59. The van der Waals surface area contributed by atoms with Gasteiger partial charge in [-0.25, -0.2) is 0 Å². The Morgan fingerprint density at radius 3 is 2.50 bits per heavy atom. The Morgan fingerprint density at radius 1 is 1.00 bits per heavy atom. The fraction of sp³-hybridized carbons (Fsp3) is 0.143. The predicted molar refractivity (Wildman–Crippen MR) is 67.4 cm³/mol. The summed E-state index contributed by atoms with van der Waals surface area (Å²) in [4.78, 5) is 0. The van der Waals surface area contributed by atoms with Gasteiger partial charge in [-0.15, -0.1) is 0 Å². The molecule has 2 rings (SSSR count). The van der Waals surface area contributed by atoms with Crippen molar-refractivity contribution in [3.63, 3.8) is 0 Å². The van der Waals surface area contributed by atoms with Crippen LogP contribution in [0.2, 0.25) is 5.02 Å². The molecule has 0 bridgehead atoms. The third-order valence-electron chi connectivity index (χ3n) is 2.35. The van der Waals surface area contributed by atoms with Gasteiger partial charge in [0.1, 0.15) is 11.5 Å². The van der Waals surface area contributed by atoms with E-state index in [1.54, 1.807) is 0 Å². The van der Waals surface area contributed by atoms with Crippen LogP contribution in [0.1, 0.15) is 11.1 Å². The molecule has 0 saturated carbocycles. The third kappa shape index (κ3) is 2.56. The van der Waals surface area contributed by atoms with Crippen molar-refractivity contribution in [3.05, 3.63) is 58.6 Å². The molecule has 0 spiro atoms. The average Bonchev–Trinajstić information content (AvgIpc) is 2.22. The minimum absolute atomic E-state index is 0.731.